The second-order valence-corrected chi connectivity index (χ2v) is 7.86. The predicted octanol–water partition coefficient (Wildman–Crippen LogP) is 3.37. The molecule has 0 unspecified atom stereocenters. The maximum atomic E-state index is 10.2. The molecule has 0 spiro atoms. The van der Waals surface area contributed by atoms with Crippen molar-refractivity contribution in [2.75, 3.05) is 5.75 Å². The summed E-state index contributed by atoms with van der Waals surface area (Å²) in [6, 6.07) is 15.1. The SMILES string of the molecule is OCc1ccc([C@H](O)C[C@H](O)CSc2nc3ccccc3s2)cc1. The van der Waals surface area contributed by atoms with E-state index in [1.54, 1.807) is 35.6 Å². The molecule has 0 saturated carbocycles. The number of hydrogen-bond acceptors (Lipinski definition) is 6. The van der Waals surface area contributed by atoms with Gasteiger partial charge in [-0.25, -0.2) is 4.98 Å². The highest BCUT2D eigenvalue weighted by molar-refractivity contribution is 8.01. The van der Waals surface area contributed by atoms with Crippen LogP contribution in [0.1, 0.15) is 23.7 Å². The summed E-state index contributed by atoms with van der Waals surface area (Å²) >= 11 is 3.12. The van der Waals surface area contributed by atoms with Crippen LogP contribution >= 0.6 is 23.1 Å². The fraction of sp³-hybridized carbons (Fsp3) is 0.278. The first kappa shape index (κ1) is 17.4. The number of benzene rings is 2. The van der Waals surface area contributed by atoms with Crippen molar-refractivity contribution in [3.63, 3.8) is 0 Å². The van der Waals surface area contributed by atoms with Gasteiger partial charge >= 0.3 is 0 Å². The van der Waals surface area contributed by atoms with Gasteiger partial charge in [-0.05, 0) is 23.3 Å². The highest BCUT2D eigenvalue weighted by Gasteiger charge is 2.15. The van der Waals surface area contributed by atoms with Gasteiger partial charge in [-0.15, -0.1) is 11.3 Å². The molecule has 0 saturated heterocycles. The van der Waals surface area contributed by atoms with Gasteiger partial charge in [0.05, 0.1) is 29.0 Å². The van der Waals surface area contributed by atoms with Crippen LogP contribution in [0.15, 0.2) is 52.9 Å². The normalized spacial score (nSPS) is 14.0. The van der Waals surface area contributed by atoms with Crippen molar-refractivity contribution in [3.05, 3.63) is 59.7 Å². The zero-order valence-electron chi connectivity index (χ0n) is 13.0. The molecule has 1 aromatic heterocycles. The van der Waals surface area contributed by atoms with Crippen LogP contribution in [0, 0.1) is 0 Å². The van der Waals surface area contributed by atoms with Crippen molar-refractivity contribution in [3.8, 4) is 0 Å². The number of aliphatic hydroxyl groups excluding tert-OH is 3. The fourth-order valence-corrected chi connectivity index (χ4v) is 4.43. The highest BCUT2D eigenvalue weighted by Crippen LogP contribution is 2.30. The van der Waals surface area contributed by atoms with Gasteiger partial charge in [0.2, 0.25) is 0 Å². The molecule has 0 aliphatic rings. The van der Waals surface area contributed by atoms with Crippen LogP contribution in [0.5, 0.6) is 0 Å². The number of rotatable bonds is 7. The van der Waals surface area contributed by atoms with E-state index in [2.05, 4.69) is 4.98 Å². The molecule has 3 N–H and O–H groups in total. The first-order valence-corrected chi connectivity index (χ1v) is 9.50. The van der Waals surface area contributed by atoms with E-state index in [1.165, 1.54) is 11.8 Å². The fourth-order valence-electron chi connectivity index (χ4n) is 2.39. The first-order valence-electron chi connectivity index (χ1n) is 7.70. The lowest BCUT2D eigenvalue weighted by atomic mass is 10.0. The first-order chi connectivity index (χ1) is 11.7. The maximum absolute atomic E-state index is 10.2. The Morgan fingerprint density at radius 2 is 1.79 bits per heavy atom. The Balaban J connectivity index is 1.53. The summed E-state index contributed by atoms with van der Waals surface area (Å²) in [6.07, 6.45) is -1.06. The van der Waals surface area contributed by atoms with Crippen LogP contribution in [0.4, 0.5) is 0 Å². The Hall–Kier alpha value is -1.44. The predicted molar refractivity (Wildman–Crippen MR) is 98.3 cm³/mol. The number of para-hydroxylation sites is 1. The zero-order valence-corrected chi connectivity index (χ0v) is 14.6. The minimum Gasteiger partial charge on any atom is -0.392 e. The lowest BCUT2D eigenvalue weighted by molar-refractivity contribution is 0.0931. The number of fused-ring (bicyclic) bond motifs is 1. The van der Waals surface area contributed by atoms with Crippen LogP contribution in [-0.2, 0) is 6.61 Å². The van der Waals surface area contributed by atoms with Crippen molar-refractivity contribution in [2.24, 2.45) is 0 Å². The molecule has 0 bridgehead atoms. The summed E-state index contributed by atoms with van der Waals surface area (Å²) in [7, 11) is 0. The summed E-state index contributed by atoms with van der Waals surface area (Å²) in [5.74, 6) is 0.492. The second kappa shape index (κ2) is 8.09. The van der Waals surface area contributed by atoms with E-state index in [0.717, 1.165) is 25.7 Å². The van der Waals surface area contributed by atoms with Gasteiger partial charge in [0.1, 0.15) is 0 Å². The van der Waals surface area contributed by atoms with Crippen molar-refractivity contribution in [1.82, 2.24) is 4.98 Å². The van der Waals surface area contributed by atoms with Crippen LogP contribution < -0.4 is 0 Å². The minimum atomic E-state index is -0.719. The van der Waals surface area contributed by atoms with E-state index in [4.69, 9.17) is 5.11 Å². The monoisotopic (exact) mass is 361 g/mol. The van der Waals surface area contributed by atoms with Gasteiger partial charge in [0.25, 0.3) is 0 Å². The molecule has 24 heavy (non-hydrogen) atoms. The molecule has 0 fully saturated rings. The molecule has 0 radical (unpaired) electrons. The Bertz CT molecular complexity index is 755. The van der Waals surface area contributed by atoms with Gasteiger partial charge in [0.15, 0.2) is 4.34 Å². The number of aliphatic hydroxyl groups is 3. The Morgan fingerprint density at radius 1 is 1.04 bits per heavy atom. The molecular formula is C18H19NO3S2. The molecule has 6 heteroatoms. The van der Waals surface area contributed by atoms with Crippen molar-refractivity contribution in [2.45, 2.75) is 29.6 Å². The summed E-state index contributed by atoms with van der Waals surface area (Å²) in [6.45, 7) is -0.0161. The molecular weight excluding hydrogens is 342 g/mol. The molecule has 0 amide bonds. The molecule has 1 heterocycles. The summed E-state index contributed by atoms with van der Waals surface area (Å²) in [5, 5.41) is 29.4. The number of thiazole rings is 1. The van der Waals surface area contributed by atoms with Crippen molar-refractivity contribution >= 4 is 33.3 Å². The molecule has 2 atom stereocenters. The minimum absolute atomic E-state index is 0.0161. The Kier molecular flexibility index (Phi) is 5.86. The van der Waals surface area contributed by atoms with E-state index in [0.29, 0.717) is 5.75 Å². The Labute approximate surface area is 148 Å². The van der Waals surface area contributed by atoms with E-state index in [-0.39, 0.29) is 13.0 Å². The number of nitrogens with zero attached hydrogens (tertiary/aromatic N) is 1. The van der Waals surface area contributed by atoms with Crippen LogP contribution in [-0.4, -0.2) is 32.2 Å². The summed E-state index contributed by atoms with van der Waals surface area (Å²) < 4.78 is 2.07. The van der Waals surface area contributed by atoms with E-state index in [1.807, 2.05) is 24.3 Å². The third kappa shape index (κ3) is 4.34. The maximum Gasteiger partial charge on any atom is 0.151 e. The average molecular weight is 361 g/mol. The van der Waals surface area contributed by atoms with Crippen LogP contribution in [0.2, 0.25) is 0 Å². The average Bonchev–Trinajstić information content (AvgIpc) is 3.03. The van der Waals surface area contributed by atoms with E-state index in [9.17, 15) is 10.2 Å². The molecule has 0 aliphatic carbocycles. The van der Waals surface area contributed by atoms with E-state index >= 15 is 0 Å². The number of thioether (sulfide) groups is 1. The zero-order chi connectivity index (χ0) is 16.9. The highest BCUT2D eigenvalue weighted by atomic mass is 32.2. The third-order valence-electron chi connectivity index (χ3n) is 3.72. The third-order valence-corrected chi connectivity index (χ3v) is 6.04. The summed E-state index contributed by atoms with van der Waals surface area (Å²) in [4.78, 5) is 4.53. The van der Waals surface area contributed by atoms with E-state index < -0.39 is 12.2 Å². The number of aromatic nitrogens is 1. The molecule has 3 aromatic rings. The van der Waals surface area contributed by atoms with Crippen LogP contribution in [0.25, 0.3) is 10.2 Å². The van der Waals surface area contributed by atoms with Crippen molar-refractivity contribution < 1.29 is 15.3 Å². The Morgan fingerprint density at radius 3 is 2.50 bits per heavy atom. The van der Waals surface area contributed by atoms with Crippen molar-refractivity contribution in [1.29, 1.82) is 0 Å². The standard InChI is InChI=1S/C18H19NO3S2/c20-10-12-5-7-13(8-6-12)16(22)9-14(21)11-23-18-19-15-3-1-2-4-17(15)24-18/h1-8,14,16,20-22H,9-11H2/t14-,16+/m0/s1. The largest absolute Gasteiger partial charge is 0.392 e. The quantitative estimate of drug-likeness (QED) is 0.563. The van der Waals surface area contributed by atoms with Gasteiger partial charge in [-0.3, -0.25) is 0 Å². The number of hydrogen-bond donors (Lipinski definition) is 3. The lowest BCUT2D eigenvalue weighted by Crippen LogP contribution is -2.14. The van der Waals surface area contributed by atoms with Gasteiger partial charge < -0.3 is 15.3 Å². The molecule has 126 valence electrons. The topological polar surface area (TPSA) is 73.6 Å². The molecule has 3 rings (SSSR count). The molecule has 2 aromatic carbocycles. The van der Waals surface area contributed by atoms with Crippen LogP contribution in [0.3, 0.4) is 0 Å². The smallest absolute Gasteiger partial charge is 0.151 e. The lowest BCUT2D eigenvalue weighted by Gasteiger charge is -2.15. The summed E-state index contributed by atoms with van der Waals surface area (Å²) in [5.41, 5.74) is 2.53. The second-order valence-electron chi connectivity index (χ2n) is 5.56. The molecule has 0 aliphatic heterocycles. The van der Waals surface area contributed by atoms with Gasteiger partial charge in [-0.2, -0.15) is 0 Å². The van der Waals surface area contributed by atoms with Gasteiger partial charge in [-0.1, -0.05) is 48.2 Å². The van der Waals surface area contributed by atoms with Gasteiger partial charge in [0, 0.05) is 12.2 Å². The molecule has 4 nitrogen and oxygen atoms in total.